The average molecular weight is 249 g/mol. The highest BCUT2D eigenvalue weighted by atomic mass is 16.4. The molecule has 5 nitrogen and oxygen atoms in total. The molecule has 2 heterocycles. The van der Waals surface area contributed by atoms with Crippen LogP contribution in [-0.2, 0) is 0 Å². The number of hydrogen-bond donors (Lipinski definition) is 1. The number of anilines is 1. The Bertz CT molecular complexity index is 459. The molecule has 1 aliphatic rings. The van der Waals surface area contributed by atoms with Crippen molar-refractivity contribution in [2.45, 2.75) is 19.4 Å². The van der Waals surface area contributed by atoms with Crippen LogP contribution in [0.25, 0.3) is 0 Å². The summed E-state index contributed by atoms with van der Waals surface area (Å²) in [5.74, 6) is -0.921. The number of hydrogen-bond acceptors (Lipinski definition) is 4. The standard InChI is InChI=1S/C13H19N3O2/c1-13(2)9-16(7-6-15(13)3)11-4-5-14-8-10(11)12(17)18/h4-5,8H,6-7,9H2,1-3H3,(H,17,18). The van der Waals surface area contributed by atoms with Gasteiger partial charge in [-0.25, -0.2) is 4.79 Å². The van der Waals surface area contributed by atoms with Gasteiger partial charge in [-0.3, -0.25) is 9.88 Å². The lowest BCUT2D eigenvalue weighted by Gasteiger charge is -2.46. The quantitative estimate of drug-likeness (QED) is 0.856. The van der Waals surface area contributed by atoms with E-state index in [2.05, 4.69) is 35.7 Å². The highest BCUT2D eigenvalue weighted by molar-refractivity contribution is 5.94. The molecule has 1 saturated heterocycles. The van der Waals surface area contributed by atoms with Gasteiger partial charge in [0.1, 0.15) is 5.56 Å². The molecule has 0 spiro atoms. The van der Waals surface area contributed by atoms with E-state index in [1.807, 2.05) is 0 Å². The van der Waals surface area contributed by atoms with E-state index in [-0.39, 0.29) is 11.1 Å². The summed E-state index contributed by atoms with van der Waals surface area (Å²) >= 11 is 0. The van der Waals surface area contributed by atoms with Gasteiger partial charge in [-0.15, -0.1) is 0 Å². The molecule has 0 atom stereocenters. The summed E-state index contributed by atoms with van der Waals surface area (Å²) < 4.78 is 0. The Morgan fingerprint density at radius 1 is 1.44 bits per heavy atom. The lowest BCUT2D eigenvalue weighted by atomic mass is 9.99. The Morgan fingerprint density at radius 2 is 2.17 bits per heavy atom. The molecule has 98 valence electrons. The van der Waals surface area contributed by atoms with E-state index < -0.39 is 5.97 Å². The van der Waals surface area contributed by atoms with Crippen molar-refractivity contribution in [3.63, 3.8) is 0 Å². The van der Waals surface area contributed by atoms with Crippen molar-refractivity contribution < 1.29 is 9.90 Å². The number of carboxylic acids is 1. The summed E-state index contributed by atoms with van der Waals surface area (Å²) in [6, 6.07) is 1.78. The first-order valence-corrected chi connectivity index (χ1v) is 6.05. The Morgan fingerprint density at radius 3 is 2.78 bits per heavy atom. The third-order valence-electron chi connectivity index (χ3n) is 3.69. The number of rotatable bonds is 2. The fourth-order valence-electron chi connectivity index (χ4n) is 2.27. The number of aromatic carboxylic acids is 1. The van der Waals surface area contributed by atoms with Crippen LogP contribution in [0.5, 0.6) is 0 Å². The summed E-state index contributed by atoms with van der Waals surface area (Å²) in [6.45, 7) is 6.91. The molecule has 0 saturated carbocycles. The molecule has 0 aliphatic carbocycles. The zero-order valence-corrected chi connectivity index (χ0v) is 11.1. The molecule has 0 radical (unpaired) electrons. The number of carboxylic acid groups (broad SMARTS) is 1. The number of likely N-dealkylation sites (N-methyl/N-ethyl adjacent to an activating group) is 1. The van der Waals surface area contributed by atoms with Gasteiger partial charge in [-0.2, -0.15) is 0 Å². The topological polar surface area (TPSA) is 56.7 Å². The summed E-state index contributed by atoms with van der Waals surface area (Å²) in [6.07, 6.45) is 3.07. The maximum atomic E-state index is 11.2. The predicted octanol–water partition coefficient (Wildman–Crippen LogP) is 1.31. The molecule has 0 amide bonds. The van der Waals surface area contributed by atoms with Gasteiger partial charge in [-0.05, 0) is 27.0 Å². The van der Waals surface area contributed by atoms with Crippen molar-refractivity contribution in [3.8, 4) is 0 Å². The number of nitrogens with zero attached hydrogens (tertiary/aromatic N) is 3. The van der Waals surface area contributed by atoms with E-state index in [1.165, 1.54) is 6.20 Å². The van der Waals surface area contributed by atoms with Crippen LogP contribution in [-0.4, -0.2) is 53.2 Å². The first-order valence-electron chi connectivity index (χ1n) is 6.05. The van der Waals surface area contributed by atoms with E-state index in [4.69, 9.17) is 0 Å². The largest absolute Gasteiger partial charge is 0.478 e. The molecule has 18 heavy (non-hydrogen) atoms. The van der Waals surface area contributed by atoms with Crippen molar-refractivity contribution >= 4 is 11.7 Å². The van der Waals surface area contributed by atoms with Gasteiger partial charge < -0.3 is 10.0 Å². The lowest BCUT2D eigenvalue weighted by Crippen LogP contribution is -2.58. The van der Waals surface area contributed by atoms with Gasteiger partial charge in [-0.1, -0.05) is 0 Å². The van der Waals surface area contributed by atoms with Gasteiger partial charge in [0.15, 0.2) is 0 Å². The number of aromatic nitrogens is 1. The third kappa shape index (κ3) is 2.31. The van der Waals surface area contributed by atoms with E-state index in [0.29, 0.717) is 0 Å². The van der Waals surface area contributed by atoms with Gasteiger partial charge >= 0.3 is 5.97 Å². The molecule has 1 fully saturated rings. The van der Waals surface area contributed by atoms with Gasteiger partial charge in [0.05, 0.1) is 5.69 Å². The van der Waals surface area contributed by atoms with Crippen LogP contribution in [0.3, 0.4) is 0 Å². The molecule has 1 N–H and O–H groups in total. The normalized spacial score (nSPS) is 19.8. The van der Waals surface area contributed by atoms with Crippen molar-refractivity contribution in [1.82, 2.24) is 9.88 Å². The van der Waals surface area contributed by atoms with E-state index >= 15 is 0 Å². The summed E-state index contributed by atoms with van der Waals surface area (Å²) in [7, 11) is 2.10. The van der Waals surface area contributed by atoms with Crippen LogP contribution in [0.2, 0.25) is 0 Å². The zero-order valence-electron chi connectivity index (χ0n) is 11.1. The molecular formula is C13H19N3O2. The fraction of sp³-hybridized carbons (Fsp3) is 0.538. The second kappa shape index (κ2) is 4.57. The van der Waals surface area contributed by atoms with Gasteiger partial charge in [0.2, 0.25) is 0 Å². The zero-order chi connectivity index (χ0) is 13.3. The maximum Gasteiger partial charge on any atom is 0.339 e. The molecule has 1 aromatic heterocycles. The molecular weight excluding hydrogens is 230 g/mol. The van der Waals surface area contributed by atoms with Crippen LogP contribution in [0.4, 0.5) is 5.69 Å². The first kappa shape index (κ1) is 12.8. The summed E-state index contributed by atoms with van der Waals surface area (Å²) in [5, 5.41) is 9.20. The Kier molecular flexibility index (Phi) is 3.26. The molecule has 1 aromatic rings. The van der Waals surface area contributed by atoms with Crippen LogP contribution in [0.1, 0.15) is 24.2 Å². The minimum atomic E-state index is -0.921. The number of piperazine rings is 1. The van der Waals surface area contributed by atoms with E-state index in [0.717, 1.165) is 25.3 Å². The Balaban J connectivity index is 2.30. The monoisotopic (exact) mass is 249 g/mol. The van der Waals surface area contributed by atoms with Crippen LogP contribution in [0.15, 0.2) is 18.5 Å². The van der Waals surface area contributed by atoms with Crippen molar-refractivity contribution in [3.05, 3.63) is 24.0 Å². The van der Waals surface area contributed by atoms with Gasteiger partial charge in [0, 0.05) is 37.6 Å². The van der Waals surface area contributed by atoms with Crippen LogP contribution >= 0.6 is 0 Å². The second-order valence-corrected chi connectivity index (χ2v) is 5.35. The molecule has 5 heteroatoms. The molecule has 0 bridgehead atoms. The SMILES string of the molecule is CN1CCN(c2ccncc2C(=O)O)CC1(C)C. The van der Waals surface area contributed by atoms with Crippen LogP contribution in [0, 0.1) is 0 Å². The summed E-state index contributed by atoms with van der Waals surface area (Å²) in [5.41, 5.74) is 1.08. The lowest BCUT2D eigenvalue weighted by molar-refractivity contribution is 0.0696. The Hall–Kier alpha value is -1.62. The minimum Gasteiger partial charge on any atom is -0.478 e. The summed E-state index contributed by atoms with van der Waals surface area (Å²) in [4.78, 5) is 19.5. The van der Waals surface area contributed by atoms with Crippen molar-refractivity contribution in [1.29, 1.82) is 0 Å². The van der Waals surface area contributed by atoms with Crippen molar-refractivity contribution in [2.75, 3.05) is 31.6 Å². The van der Waals surface area contributed by atoms with Crippen molar-refractivity contribution in [2.24, 2.45) is 0 Å². The second-order valence-electron chi connectivity index (χ2n) is 5.35. The van der Waals surface area contributed by atoms with E-state index in [1.54, 1.807) is 12.3 Å². The average Bonchev–Trinajstić information content (AvgIpc) is 2.32. The third-order valence-corrected chi connectivity index (χ3v) is 3.69. The molecule has 0 unspecified atom stereocenters. The Labute approximate surface area is 107 Å². The highest BCUT2D eigenvalue weighted by Gasteiger charge is 2.32. The fourth-order valence-corrected chi connectivity index (χ4v) is 2.27. The molecule has 2 rings (SSSR count). The smallest absolute Gasteiger partial charge is 0.339 e. The highest BCUT2D eigenvalue weighted by Crippen LogP contribution is 2.26. The molecule has 0 aromatic carbocycles. The van der Waals surface area contributed by atoms with E-state index in [9.17, 15) is 9.90 Å². The maximum absolute atomic E-state index is 11.2. The number of carbonyl (C=O) groups is 1. The van der Waals surface area contributed by atoms with Gasteiger partial charge in [0.25, 0.3) is 0 Å². The minimum absolute atomic E-state index is 0.0390. The first-order chi connectivity index (χ1) is 8.42. The predicted molar refractivity (Wildman–Crippen MR) is 70.1 cm³/mol. The molecule has 1 aliphatic heterocycles. The van der Waals surface area contributed by atoms with Crippen LogP contribution < -0.4 is 4.90 Å². The number of pyridine rings is 1.